The summed E-state index contributed by atoms with van der Waals surface area (Å²) in [6.07, 6.45) is 4.30. The molecule has 1 saturated carbocycles. The Morgan fingerprint density at radius 3 is 2.60 bits per heavy atom. The molecular weight excluding hydrogens is 316 g/mol. The molecule has 2 heterocycles. The fourth-order valence-corrected chi connectivity index (χ4v) is 3.70. The molecule has 0 aromatic carbocycles. The highest BCUT2D eigenvalue weighted by Gasteiger charge is 2.37. The molecule has 2 atom stereocenters. The number of hydrogen-bond acceptors (Lipinski definition) is 4. The standard InChI is InChI=1S/C20H28N2O3/c1-12-16(19(23)25-20(3,4)5)15-8-7-11-21-18(15)22(12)13(2)17(24-6)14-9-10-14/h7-8,11,13-14,17H,9-10H2,1-6H3. The molecule has 0 amide bonds. The van der Waals surface area contributed by atoms with E-state index in [0.717, 1.165) is 16.7 Å². The van der Waals surface area contributed by atoms with E-state index in [4.69, 9.17) is 9.47 Å². The SMILES string of the molecule is COC(C1CC1)C(C)n1c(C)c(C(=O)OC(C)(C)C)c2cccnc21. The number of carbonyl (C=O) groups is 1. The van der Waals surface area contributed by atoms with Crippen LogP contribution in [0.4, 0.5) is 0 Å². The molecule has 0 radical (unpaired) electrons. The summed E-state index contributed by atoms with van der Waals surface area (Å²) < 4.78 is 13.6. The normalized spacial score (nSPS) is 17.5. The van der Waals surface area contributed by atoms with Crippen LogP contribution >= 0.6 is 0 Å². The molecule has 1 aliphatic rings. The zero-order valence-electron chi connectivity index (χ0n) is 16.0. The number of methoxy groups -OCH3 is 1. The Hall–Kier alpha value is -1.88. The zero-order chi connectivity index (χ0) is 18.4. The summed E-state index contributed by atoms with van der Waals surface area (Å²) in [5, 5.41) is 0.840. The molecule has 0 bridgehead atoms. The zero-order valence-corrected chi connectivity index (χ0v) is 16.0. The predicted octanol–water partition coefficient (Wildman–Crippen LogP) is 4.29. The molecule has 5 heteroatoms. The molecule has 25 heavy (non-hydrogen) atoms. The van der Waals surface area contributed by atoms with Crippen molar-refractivity contribution in [2.24, 2.45) is 5.92 Å². The number of carbonyl (C=O) groups excluding carboxylic acids is 1. The maximum absolute atomic E-state index is 12.8. The van der Waals surface area contributed by atoms with Crippen LogP contribution in [-0.4, -0.2) is 34.3 Å². The maximum Gasteiger partial charge on any atom is 0.341 e. The van der Waals surface area contributed by atoms with Crippen molar-refractivity contribution in [3.63, 3.8) is 0 Å². The Morgan fingerprint density at radius 2 is 2.04 bits per heavy atom. The summed E-state index contributed by atoms with van der Waals surface area (Å²) in [4.78, 5) is 17.4. The highest BCUT2D eigenvalue weighted by atomic mass is 16.6. The van der Waals surface area contributed by atoms with Gasteiger partial charge in [0.25, 0.3) is 0 Å². The van der Waals surface area contributed by atoms with Gasteiger partial charge in [-0.2, -0.15) is 0 Å². The Bertz CT molecular complexity index is 784. The number of hydrogen-bond donors (Lipinski definition) is 0. The van der Waals surface area contributed by atoms with E-state index in [1.54, 1.807) is 13.3 Å². The minimum Gasteiger partial charge on any atom is -0.456 e. The first-order valence-electron chi connectivity index (χ1n) is 8.96. The number of pyridine rings is 1. The number of rotatable bonds is 5. The van der Waals surface area contributed by atoms with Crippen LogP contribution in [-0.2, 0) is 9.47 Å². The number of esters is 1. The molecule has 2 aromatic rings. The number of nitrogens with zero attached hydrogens (tertiary/aromatic N) is 2. The van der Waals surface area contributed by atoms with E-state index in [-0.39, 0.29) is 18.1 Å². The van der Waals surface area contributed by atoms with E-state index < -0.39 is 5.60 Å². The summed E-state index contributed by atoms with van der Waals surface area (Å²) in [5.41, 5.74) is 1.78. The van der Waals surface area contributed by atoms with Gasteiger partial charge >= 0.3 is 5.97 Å². The molecule has 0 aliphatic heterocycles. The minimum absolute atomic E-state index is 0.103. The van der Waals surface area contributed by atoms with Gasteiger partial charge in [0.1, 0.15) is 11.2 Å². The van der Waals surface area contributed by atoms with E-state index >= 15 is 0 Å². The quantitative estimate of drug-likeness (QED) is 0.760. The van der Waals surface area contributed by atoms with Crippen molar-refractivity contribution in [2.75, 3.05) is 7.11 Å². The van der Waals surface area contributed by atoms with Gasteiger partial charge in [0.15, 0.2) is 0 Å². The lowest BCUT2D eigenvalue weighted by Gasteiger charge is -2.26. The monoisotopic (exact) mass is 344 g/mol. The van der Waals surface area contributed by atoms with Crippen LogP contribution in [0.2, 0.25) is 0 Å². The number of ether oxygens (including phenoxy) is 2. The lowest BCUT2D eigenvalue weighted by Crippen LogP contribution is -2.27. The van der Waals surface area contributed by atoms with Gasteiger partial charge in [0.05, 0.1) is 17.7 Å². The first-order valence-corrected chi connectivity index (χ1v) is 8.96. The van der Waals surface area contributed by atoms with Crippen LogP contribution < -0.4 is 0 Å². The third-order valence-electron chi connectivity index (χ3n) is 4.85. The lowest BCUT2D eigenvalue weighted by molar-refractivity contribution is 0.00695. The van der Waals surface area contributed by atoms with Gasteiger partial charge in [0, 0.05) is 24.4 Å². The third kappa shape index (κ3) is 3.43. The molecule has 5 nitrogen and oxygen atoms in total. The van der Waals surface area contributed by atoms with Crippen LogP contribution in [0.15, 0.2) is 18.3 Å². The largest absolute Gasteiger partial charge is 0.456 e. The average Bonchev–Trinajstić information content (AvgIpc) is 3.28. The molecule has 136 valence electrons. The van der Waals surface area contributed by atoms with Gasteiger partial charge in [0.2, 0.25) is 0 Å². The summed E-state index contributed by atoms with van der Waals surface area (Å²) in [6, 6.07) is 3.90. The highest BCUT2D eigenvalue weighted by molar-refractivity contribution is 6.05. The van der Waals surface area contributed by atoms with Crippen molar-refractivity contribution in [1.82, 2.24) is 9.55 Å². The Labute approximate surface area is 149 Å². The Balaban J connectivity index is 2.10. The van der Waals surface area contributed by atoms with Gasteiger partial charge in [-0.15, -0.1) is 0 Å². The van der Waals surface area contributed by atoms with Crippen LogP contribution in [0.3, 0.4) is 0 Å². The lowest BCUT2D eigenvalue weighted by atomic mass is 10.1. The second-order valence-electron chi connectivity index (χ2n) is 7.99. The van der Waals surface area contributed by atoms with Crippen molar-refractivity contribution in [2.45, 2.75) is 65.2 Å². The summed E-state index contributed by atoms with van der Waals surface area (Å²) in [5.74, 6) is 0.292. The summed E-state index contributed by atoms with van der Waals surface area (Å²) >= 11 is 0. The second kappa shape index (κ2) is 6.45. The van der Waals surface area contributed by atoms with Gasteiger partial charge in [-0.3, -0.25) is 0 Å². The molecule has 0 saturated heterocycles. The average molecular weight is 344 g/mol. The van der Waals surface area contributed by atoms with Crippen molar-refractivity contribution < 1.29 is 14.3 Å². The van der Waals surface area contributed by atoms with Gasteiger partial charge in [-0.05, 0) is 65.5 Å². The van der Waals surface area contributed by atoms with E-state index in [1.807, 2.05) is 39.8 Å². The van der Waals surface area contributed by atoms with Gasteiger partial charge in [-0.1, -0.05) is 0 Å². The fourth-order valence-electron chi connectivity index (χ4n) is 3.70. The van der Waals surface area contributed by atoms with E-state index in [0.29, 0.717) is 11.5 Å². The van der Waals surface area contributed by atoms with E-state index in [1.165, 1.54) is 12.8 Å². The molecular formula is C20H28N2O3. The summed E-state index contributed by atoms with van der Waals surface area (Å²) in [7, 11) is 1.77. The van der Waals surface area contributed by atoms with Gasteiger partial charge < -0.3 is 14.0 Å². The molecule has 2 aromatic heterocycles. The van der Waals surface area contributed by atoms with E-state index in [2.05, 4.69) is 16.5 Å². The smallest absolute Gasteiger partial charge is 0.341 e. The highest BCUT2D eigenvalue weighted by Crippen LogP contribution is 2.41. The molecule has 0 N–H and O–H groups in total. The van der Waals surface area contributed by atoms with Crippen molar-refractivity contribution >= 4 is 17.0 Å². The molecule has 2 unspecified atom stereocenters. The maximum atomic E-state index is 12.8. The molecule has 0 spiro atoms. The fraction of sp³-hybridized carbons (Fsp3) is 0.600. The topological polar surface area (TPSA) is 53.4 Å². The van der Waals surface area contributed by atoms with Crippen LogP contribution in [0.1, 0.15) is 62.6 Å². The Kier molecular flexibility index (Phi) is 4.62. The van der Waals surface area contributed by atoms with Crippen LogP contribution in [0.25, 0.3) is 11.0 Å². The van der Waals surface area contributed by atoms with E-state index in [9.17, 15) is 4.79 Å². The number of aromatic nitrogens is 2. The first kappa shape index (κ1) is 17.9. The van der Waals surface area contributed by atoms with Crippen LogP contribution in [0, 0.1) is 12.8 Å². The predicted molar refractivity (Wildman–Crippen MR) is 97.9 cm³/mol. The Morgan fingerprint density at radius 1 is 1.36 bits per heavy atom. The van der Waals surface area contributed by atoms with Crippen molar-refractivity contribution in [1.29, 1.82) is 0 Å². The first-order chi connectivity index (χ1) is 11.7. The molecule has 3 rings (SSSR count). The molecule has 1 fully saturated rings. The molecule has 1 aliphatic carbocycles. The minimum atomic E-state index is -0.533. The summed E-state index contributed by atoms with van der Waals surface area (Å²) in [6.45, 7) is 9.76. The van der Waals surface area contributed by atoms with Crippen molar-refractivity contribution in [3.8, 4) is 0 Å². The van der Waals surface area contributed by atoms with Gasteiger partial charge in [-0.25, -0.2) is 9.78 Å². The number of fused-ring (bicyclic) bond motifs is 1. The second-order valence-corrected chi connectivity index (χ2v) is 7.99. The van der Waals surface area contributed by atoms with Crippen molar-refractivity contribution in [3.05, 3.63) is 29.6 Å². The van der Waals surface area contributed by atoms with Crippen LogP contribution in [0.5, 0.6) is 0 Å². The third-order valence-corrected chi connectivity index (χ3v) is 4.85.